The van der Waals surface area contributed by atoms with Crippen molar-refractivity contribution >= 4 is 34.1 Å². The first-order valence-corrected chi connectivity index (χ1v) is 16.7. The van der Waals surface area contributed by atoms with Gasteiger partial charge in [0.2, 0.25) is 5.91 Å². The van der Waals surface area contributed by atoms with Gasteiger partial charge in [-0.1, -0.05) is 11.3 Å². The number of rotatable bonds is 10. The van der Waals surface area contributed by atoms with Crippen molar-refractivity contribution in [1.82, 2.24) is 39.7 Å². The van der Waals surface area contributed by atoms with Gasteiger partial charge in [0.1, 0.15) is 17.2 Å². The van der Waals surface area contributed by atoms with E-state index in [-0.39, 0.29) is 36.0 Å². The van der Waals surface area contributed by atoms with Crippen LogP contribution in [0.4, 0.5) is 10.2 Å². The van der Waals surface area contributed by atoms with Crippen LogP contribution in [-0.2, 0) is 11.3 Å². The van der Waals surface area contributed by atoms with Crippen LogP contribution in [0.25, 0.3) is 27.6 Å². The Balaban J connectivity index is 1.18. The minimum atomic E-state index is -0.499. The molecule has 2 amide bonds. The van der Waals surface area contributed by atoms with Crippen molar-refractivity contribution in [3.8, 4) is 28.4 Å². The van der Waals surface area contributed by atoms with Gasteiger partial charge in [0.05, 0.1) is 45.8 Å². The molecule has 0 saturated carbocycles. The number of halogens is 1. The zero-order chi connectivity index (χ0) is 35.5. The van der Waals surface area contributed by atoms with E-state index in [0.29, 0.717) is 96.4 Å². The molecule has 5 aromatic rings. The Labute approximate surface area is 293 Å². The van der Waals surface area contributed by atoms with Crippen LogP contribution in [-0.4, -0.2) is 112 Å². The van der Waals surface area contributed by atoms with Gasteiger partial charge in [0, 0.05) is 86.9 Å². The van der Waals surface area contributed by atoms with E-state index in [0.717, 1.165) is 0 Å². The average molecular weight is 696 g/mol. The molecule has 1 saturated heterocycles. The summed E-state index contributed by atoms with van der Waals surface area (Å²) < 4.78 is 34.8. The molecule has 0 radical (unpaired) electrons. The summed E-state index contributed by atoms with van der Waals surface area (Å²) in [5, 5.41) is 8.25. The number of carbonyl (C=O) groups excluding carboxylic acids is 2. The van der Waals surface area contributed by atoms with Gasteiger partial charge in [-0.2, -0.15) is 0 Å². The molecule has 264 valence electrons. The van der Waals surface area contributed by atoms with Gasteiger partial charge >= 0.3 is 0 Å². The van der Waals surface area contributed by atoms with Crippen molar-refractivity contribution < 1.29 is 28.2 Å². The highest BCUT2D eigenvalue weighted by atomic mass is 19.1. The second-order valence-electron chi connectivity index (χ2n) is 12.3. The number of amides is 2. The minimum absolute atomic E-state index is 0.0548. The maximum absolute atomic E-state index is 16.7. The van der Waals surface area contributed by atoms with Crippen LogP contribution in [0.3, 0.4) is 0 Å². The van der Waals surface area contributed by atoms with Crippen LogP contribution in [0.1, 0.15) is 28.9 Å². The van der Waals surface area contributed by atoms with Crippen molar-refractivity contribution in [3.63, 3.8) is 0 Å². The van der Waals surface area contributed by atoms with Crippen LogP contribution in [0.5, 0.6) is 17.2 Å². The molecule has 15 heteroatoms. The molecular weight excluding hydrogens is 657 g/mol. The third-order valence-electron chi connectivity index (χ3n) is 9.38. The standard InChI is InChI=1S/C36H38FN9O5/c1-49-24-17-31(51-3)35(39-20-24)43-13-15-44(16-14-43)36(48)29-19-27-26(28-21-38-8-6-30(28)50-2)18-25(33(37)34(27)41-29)23-5-4-10-45(22-23)32(47)7-11-46-12-9-40-42-46/h5-6,8-9,12,17-21,41H,4,7,10-11,13-16,22H2,1-3H3. The lowest BCUT2D eigenvalue weighted by atomic mass is 9.93. The number of aromatic nitrogens is 6. The number of carbonyl (C=O) groups is 2. The number of ether oxygens (including phenoxy) is 3. The molecular formula is C36H38FN9O5. The van der Waals surface area contributed by atoms with E-state index in [4.69, 9.17) is 14.2 Å². The number of fused-ring (bicyclic) bond motifs is 1. The molecule has 2 aliphatic rings. The second-order valence-corrected chi connectivity index (χ2v) is 12.3. The highest BCUT2D eigenvalue weighted by Crippen LogP contribution is 2.40. The van der Waals surface area contributed by atoms with E-state index < -0.39 is 5.82 Å². The summed E-state index contributed by atoms with van der Waals surface area (Å²) in [6, 6.07) is 6.98. The Morgan fingerprint density at radius 1 is 0.902 bits per heavy atom. The maximum atomic E-state index is 16.7. The van der Waals surface area contributed by atoms with Gasteiger partial charge in [-0.3, -0.25) is 19.3 Å². The van der Waals surface area contributed by atoms with Crippen LogP contribution in [0, 0.1) is 5.82 Å². The molecule has 4 aromatic heterocycles. The summed E-state index contributed by atoms with van der Waals surface area (Å²) >= 11 is 0. The van der Waals surface area contributed by atoms with Gasteiger partial charge in [-0.25, -0.2) is 9.37 Å². The smallest absolute Gasteiger partial charge is 0.270 e. The third-order valence-corrected chi connectivity index (χ3v) is 9.38. The van der Waals surface area contributed by atoms with E-state index in [1.54, 1.807) is 91.1 Å². The highest BCUT2D eigenvalue weighted by Gasteiger charge is 2.29. The fraction of sp³-hybridized carbons (Fsp3) is 0.333. The number of piperazine rings is 1. The summed E-state index contributed by atoms with van der Waals surface area (Å²) in [7, 11) is 4.72. The van der Waals surface area contributed by atoms with E-state index in [2.05, 4.69) is 30.2 Å². The summed E-state index contributed by atoms with van der Waals surface area (Å²) in [5.41, 5.74) is 2.78. The molecule has 14 nitrogen and oxygen atoms in total. The van der Waals surface area contributed by atoms with Gasteiger partial charge in [-0.15, -0.1) is 5.10 Å². The molecule has 1 fully saturated rings. The number of methoxy groups -OCH3 is 3. The van der Waals surface area contributed by atoms with Crippen LogP contribution >= 0.6 is 0 Å². The van der Waals surface area contributed by atoms with E-state index in [9.17, 15) is 9.59 Å². The number of hydrogen-bond acceptors (Lipinski definition) is 10. The van der Waals surface area contributed by atoms with Crippen LogP contribution in [0.2, 0.25) is 0 Å². The fourth-order valence-corrected chi connectivity index (χ4v) is 6.68. The van der Waals surface area contributed by atoms with Crippen molar-refractivity contribution in [2.75, 3.05) is 65.5 Å². The number of benzene rings is 1. The van der Waals surface area contributed by atoms with Crippen molar-refractivity contribution in [2.45, 2.75) is 19.4 Å². The van der Waals surface area contributed by atoms with E-state index >= 15 is 4.39 Å². The number of nitrogens with zero attached hydrogens (tertiary/aromatic N) is 8. The van der Waals surface area contributed by atoms with Crippen molar-refractivity contribution in [1.29, 1.82) is 0 Å². The Kier molecular flexibility index (Phi) is 9.51. The minimum Gasteiger partial charge on any atom is -0.496 e. The van der Waals surface area contributed by atoms with Crippen LogP contribution in [0.15, 0.2) is 61.3 Å². The Bertz CT molecular complexity index is 2090. The molecule has 1 aromatic carbocycles. The largest absolute Gasteiger partial charge is 0.496 e. The predicted molar refractivity (Wildman–Crippen MR) is 187 cm³/mol. The number of H-pyrrole nitrogens is 1. The number of anilines is 1. The number of aryl methyl sites for hydroxylation is 1. The lowest BCUT2D eigenvalue weighted by molar-refractivity contribution is -0.131. The second kappa shape index (κ2) is 14.5. The molecule has 0 spiro atoms. The lowest BCUT2D eigenvalue weighted by Crippen LogP contribution is -2.49. The van der Waals surface area contributed by atoms with E-state index in [1.165, 1.54) is 0 Å². The predicted octanol–water partition coefficient (Wildman–Crippen LogP) is 4.05. The molecule has 0 bridgehead atoms. The molecule has 0 aliphatic carbocycles. The van der Waals surface area contributed by atoms with Gasteiger partial charge in [-0.05, 0) is 35.8 Å². The maximum Gasteiger partial charge on any atom is 0.270 e. The topological polar surface area (TPSA) is 144 Å². The fourth-order valence-electron chi connectivity index (χ4n) is 6.68. The molecule has 1 N–H and O–H groups in total. The Morgan fingerprint density at radius 2 is 1.73 bits per heavy atom. The molecule has 0 unspecified atom stereocenters. The van der Waals surface area contributed by atoms with Crippen molar-refractivity contribution in [2.24, 2.45) is 0 Å². The monoisotopic (exact) mass is 695 g/mol. The summed E-state index contributed by atoms with van der Waals surface area (Å²) in [6.07, 6.45) is 11.0. The molecule has 51 heavy (non-hydrogen) atoms. The first-order valence-electron chi connectivity index (χ1n) is 16.7. The number of hydrogen-bond donors (Lipinski definition) is 1. The molecule has 6 heterocycles. The SMILES string of the molecule is COc1cnc(N2CCN(C(=O)c3cc4c(-c5cnccc5OC)cc(C5=CCCN(C(=O)CCn6ccnn6)C5)c(F)c4[nH]3)CC2)c(OC)c1. The zero-order valence-electron chi connectivity index (χ0n) is 28.6. The quantitative estimate of drug-likeness (QED) is 0.227. The van der Waals surface area contributed by atoms with Gasteiger partial charge < -0.3 is 33.9 Å². The highest BCUT2D eigenvalue weighted by molar-refractivity contribution is 6.05. The normalized spacial score (nSPS) is 14.8. The summed E-state index contributed by atoms with van der Waals surface area (Å²) in [5.74, 6) is 1.61. The van der Waals surface area contributed by atoms with Crippen molar-refractivity contribution in [3.05, 3.63) is 78.4 Å². The molecule has 7 rings (SSSR count). The zero-order valence-corrected chi connectivity index (χ0v) is 28.6. The van der Waals surface area contributed by atoms with Gasteiger partial charge in [0.15, 0.2) is 17.4 Å². The summed E-state index contributed by atoms with van der Waals surface area (Å²) in [6.45, 7) is 3.09. The first-order chi connectivity index (χ1) is 24.9. The van der Waals surface area contributed by atoms with Gasteiger partial charge in [0.25, 0.3) is 5.91 Å². The summed E-state index contributed by atoms with van der Waals surface area (Å²) in [4.78, 5) is 44.6. The first kappa shape index (κ1) is 33.5. The number of aromatic amines is 1. The van der Waals surface area contributed by atoms with Crippen LogP contribution < -0.4 is 19.1 Å². The Morgan fingerprint density at radius 3 is 2.47 bits per heavy atom. The third kappa shape index (κ3) is 6.66. The molecule has 0 atom stereocenters. The number of pyridine rings is 2. The number of nitrogens with one attached hydrogen (secondary N) is 1. The Hall–Kier alpha value is -5.99. The van der Waals surface area contributed by atoms with E-state index in [1.807, 2.05) is 6.08 Å². The lowest BCUT2D eigenvalue weighted by Gasteiger charge is -2.35. The molecule has 2 aliphatic heterocycles. The average Bonchev–Trinajstić information content (AvgIpc) is 3.88.